The minimum absolute atomic E-state index is 0.0666. The molecule has 0 amide bonds. The normalized spacial score (nSPS) is 18.5. The Morgan fingerprint density at radius 3 is 1.85 bits per heavy atom. The predicted molar refractivity (Wildman–Crippen MR) is 120 cm³/mol. The second-order valence-electron chi connectivity index (χ2n) is 8.09. The molecule has 0 saturated carbocycles. The number of ether oxygens (including phenoxy) is 2. The Morgan fingerprint density at radius 1 is 0.758 bits per heavy atom. The first kappa shape index (κ1) is 23.5. The maximum Gasteiger partial charge on any atom is 0.166 e. The molecule has 1 aliphatic heterocycles. The molecule has 2 nitrogen and oxygen atoms in total. The Hall–Kier alpha value is -2.64. The van der Waals surface area contributed by atoms with Crippen molar-refractivity contribution in [3.05, 3.63) is 82.9 Å². The molecule has 0 N–H and O–H groups in total. The van der Waals surface area contributed by atoms with Gasteiger partial charge in [-0.25, -0.2) is 17.6 Å². The second-order valence-corrected chi connectivity index (χ2v) is 8.09. The van der Waals surface area contributed by atoms with E-state index >= 15 is 0 Å². The highest BCUT2D eigenvalue weighted by molar-refractivity contribution is 6.08. The van der Waals surface area contributed by atoms with Gasteiger partial charge in [-0.3, -0.25) is 0 Å². The molecule has 1 fully saturated rings. The first-order valence-corrected chi connectivity index (χ1v) is 10.9. The smallest absolute Gasteiger partial charge is 0.166 e. The summed E-state index contributed by atoms with van der Waals surface area (Å²) in [5.74, 6) is -4.28. The van der Waals surface area contributed by atoms with Crippen LogP contribution in [0.4, 0.5) is 17.6 Å². The zero-order valence-electron chi connectivity index (χ0n) is 18.2. The van der Waals surface area contributed by atoms with Crippen molar-refractivity contribution in [1.29, 1.82) is 0 Å². The van der Waals surface area contributed by atoms with Gasteiger partial charge < -0.3 is 9.47 Å². The summed E-state index contributed by atoms with van der Waals surface area (Å²) in [6.45, 7) is 2.55. The van der Waals surface area contributed by atoms with Crippen LogP contribution in [0, 0.1) is 23.3 Å². The van der Waals surface area contributed by atoms with Crippen molar-refractivity contribution in [2.24, 2.45) is 0 Å². The third-order valence-corrected chi connectivity index (χ3v) is 5.93. The molecule has 7 heteroatoms. The van der Waals surface area contributed by atoms with Gasteiger partial charge in [-0.05, 0) is 28.7 Å². The Morgan fingerprint density at radius 2 is 1.30 bits per heavy atom. The molecule has 3 aromatic rings. The fourth-order valence-corrected chi connectivity index (χ4v) is 4.03. The third kappa shape index (κ3) is 4.70. The second kappa shape index (κ2) is 10.1. The minimum atomic E-state index is -0.995. The van der Waals surface area contributed by atoms with Crippen LogP contribution in [0.1, 0.15) is 36.8 Å². The first-order chi connectivity index (χ1) is 15.9. The van der Waals surface area contributed by atoms with Gasteiger partial charge in [-0.2, -0.15) is 0 Å². The fourth-order valence-electron chi connectivity index (χ4n) is 4.03. The van der Waals surface area contributed by atoms with E-state index in [1.54, 1.807) is 18.2 Å². The van der Waals surface area contributed by atoms with E-state index in [0.29, 0.717) is 11.1 Å². The molecule has 1 saturated heterocycles. The van der Waals surface area contributed by atoms with Gasteiger partial charge in [0.25, 0.3) is 0 Å². The number of halogens is 4. The number of rotatable bonds is 6. The van der Waals surface area contributed by atoms with Crippen molar-refractivity contribution in [2.75, 3.05) is 13.2 Å². The summed E-state index contributed by atoms with van der Waals surface area (Å²) < 4.78 is 69.5. The molecule has 2 radical (unpaired) electrons. The summed E-state index contributed by atoms with van der Waals surface area (Å²) in [5.41, 5.74) is 1.27. The Kier molecular flexibility index (Phi) is 7.20. The lowest BCUT2D eigenvalue weighted by Gasteiger charge is -2.29. The largest absolute Gasteiger partial charge is 0.352 e. The van der Waals surface area contributed by atoms with Gasteiger partial charge in [-0.1, -0.05) is 68.2 Å². The zero-order chi connectivity index (χ0) is 23.5. The molecule has 33 heavy (non-hydrogen) atoms. The van der Waals surface area contributed by atoms with Gasteiger partial charge in [-0.15, -0.1) is 0 Å². The lowest BCUT2D eigenvalue weighted by atomic mass is 9.92. The van der Waals surface area contributed by atoms with Crippen LogP contribution in [-0.4, -0.2) is 27.4 Å². The fraction of sp³-hybridized carbons (Fsp3) is 0.308. The SMILES string of the molecule is [B]Cc1ccc(-c2ccc(-c3ccc(C4COC(CCC)OC4)c(F)c3F)cc2)c(F)c1F. The van der Waals surface area contributed by atoms with Gasteiger partial charge in [0.05, 0.1) is 21.1 Å². The summed E-state index contributed by atoms with van der Waals surface area (Å²) in [5, 5.41) is 0. The van der Waals surface area contributed by atoms with Gasteiger partial charge in [0.15, 0.2) is 29.6 Å². The molecule has 0 aromatic heterocycles. The maximum atomic E-state index is 14.9. The van der Waals surface area contributed by atoms with Gasteiger partial charge in [0, 0.05) is 17.0 Å². The van der Waals surface area contributed by atoms with E-state index in [-0.39, 0.29) is 48.1 Å². The average Bonchev–Trinajstić information content (AvgIpc) is 2.84. The summed E-state index contributed by atoms with van der Waals surface area (Å²) >= 11 is 0. The number of benzene rings is 3. The molecule has 3 aromatic carbocycles. The molecule has 0 unspecified atom stereocenters. The molecular formula is C26H23BF4O2. The quantitative estimate of drug-likeness (QED) is 0.313. The van der Waals surface area contributed by atoms with Crippen LogP contribution in [0.3, 0.4) is 0 Å². The monoisotopic (exact) mass is 454 g/mol. The van der Waals surface area contributed by atoms with Crippen LogP contribution >= 0.6 is 0 Å². The summed E-state index contributed by atoms with van der Waals surface area (Å²) in [6.07, 6.45) is 1.25. The molecule has 1 heterocycles. The first-order valence-electron chi connectivity index (χ1n) is 10.9. The topological polar surface area (TPSA) is 18.5 Å². The van der Waals surface area contributed by atoms with Gasteiger partial charge in [0.2, 0.25) is 0 Å². The van der Waals surface area contributed by atoms with Crippen LogP contribution in [0.25, 0.3) is 22.3 Å². The van der Waals surface area contributed by atoms with E-state index in [1.807, 2.05) is 6.92 Å². The van der Waals surface area contributed by atoms with Crippen molar-refractivity contribution in [3.63, 3.8) is 0 Å². The molecular weight excluding hydrogens is 431 g/mol. The number of hydrogen-bond donors (Lipinski definition) is 0. The lowest BCUT2D eigenvalue weighted by molar-refractivity contribution is -0.190. The highest BCUT2D eigenvalue weighted by Gasteiger charge is 2.27. The highest BCUT2D eigenvalue weighted by Crippen LogP contribution is 2.34. The standard InChI is InChI=1S/C26H23BF4O2/c1-2-3-22-32-13-18(14-33-22)21-11-10-20(25(30)26(21)31)16-6-4-15(5-7-16)19-9-8-17(12-27)23(28)24(19)29/h4-11,18,22H,2-3,12-14H2,1H3. The molecule has 1 aliphatic rings. The molecule has 0 atom stereocenters. The van der Waals surface area contributed by atoms with Crippen molar-refractivity contribution in [2.45, 2.75) is 38.3 Å². The van der Waals surface area contributed by atoms with E-state index in [0.717, 1.165) is 12.8 Å². The maximum absolute atomic E-state index is 14.9. The van der Waals surface area contributed by atoms with Gasteiger partial charge in [0.1, 0.15) is 0 Å². The van der Waals surface area contributed by atoms with E-state index < -0.39 is 29.2 Å². The summed E-state index contributed by atoms with van der Waals surface area (Å²) in [6, 6.07) is 12.1. The molecule has 0 spiro atoms. The van der Waals surface area contributed by atoms with Crippen LogP contribution in [0.15, 0.2) is 48.5 Å². The average molecular weight is 454 g/mol. The van der Waals surface area contributed by atoms with Crippen molar-refractivity contribution in [3.8, 4) is 22.3 Å². The van der Waals surface area contributed by atoms with Crippen molar-refractivity contribution < 1.29 is 27.0 Å². The van der Waals surface area contributed by atoms with E-state index in [2.05, 4.69) is 0 Å². The minimum Gasteiger partial charge on any atom is -0.352 e. The van der Waals surface area contributed by atoms with Crippen molar-refractivity contribution in [1.82, 2.24) is 0 Å². The highest BCUT2D eigenvalue weighted by atomic mass is 19.2. The van der Waals surface area contributed by atoms with Crippen molar-refractivity contribution >= 4 is 7.85 Å². The molecule has 170 valence electrons. The Bertz CT molecular complexity index is 1130. The molecule has 4 rings (SSSR count). The van der Waals surface area contributed by atoms with Crippen LogP contribution in [0.2, 0.25) is 0 Å². The molecule has 0 bridgehead atoms. The lowest BCUT2D eigenvalue weighted by Crippen LogP contribution is -2.31. The summed E-state index contributed by atoms with van der Waals surface area (Å²) in [7, 11) is 5.41. The Labute approximate surface area is 192 Å². The predicted octanol–water partition coefficient (Wildman–Crippen LogP) is 6.50. The van der Waals surface area contributed by atoms with Crippen LogP contribution < -0.4 is 0 Å². The van der Waals surface area contributed by atoms with E-state index in [9.17, 15) is 17.6 Å². The van der Waals surface area contributed by atoms with E-state index in [4.69, 9.17) is 17.3 Å². The third-order valence-electron chi connectivity index (χ3n) is 5.93. The van der Waals surface area contributed by atoms with E-state index in [1.165, 1.54) is 30.3 Å². The molecule has 0 aliphatic carbocycles. The van der Waals surface area contributed by atoms with Crippen LogP contribution in [0.5, 0.6) is 0 Å². The van der Waals surface area contributed by atoms with Crippen LogP contribution in [-0.2, 0) is 15.8 Å². The zero-order valence-corrected chi connectivity index (χ0v) is 18.2. The number of hydrogen-bond acceptors (Lipinski definition) is 2. The Balaban J connectivity index is 1.57. The summed E-state index contributed by atoms with van der Waals surface area (Å²) in [4.78, 5) is 0. The van der Waals surface area contributed by atoms with Gasteiger partial charge >= 0.3 is 0 Å².